The number of benzene rings is 1. The van der Waals surface area contributed by atoms with E-state index in [-0.39, 0.29) is 10.7 Å². The molecule has 0 spiro atoms. The number of pyridine rings is 1. The molecule has 1 aromatic carbocycles. The Morgan fingerprint density at radius 2 is 1.96 bits per heavy atom. The summed E-state index contributed by atoms with van der Waals surface area (Å²) in [6.07, 6.45) is 1.50. The molecular formula is C18H14Cl3N3O2. The molecule has 3 rings (SSSR count). The maximum absolute atomic E-state index is 12.4. The lowest BCUT2D eigenvalue weighted by atomic mass is 10.1. The molecule has 0 bridgehead atoms. The standard InChI is InChI=1S/C18H14Cl3N3O2/c1-10-8-15(26-18(25)13-4-3-7-22-17(13)21)24(23-10)9-12-5-6-14(19)16(20)11(12)2/h3-8H,9H2,1-2H3. The van der Waals surface area contributed by atoms with Gasteiger partial charge in [-0.25, -0.2) is 14.5 Å². The Hall–Kier alpha value is -2.08. The van der Waals surface area contributed by atoms with Crippen LogP contribution >= 0.6 is 34.8 Å². The minimum Gasteiger partial charge on any atom is -0.404 e. The summed E-state index contributed by atoms with van der Waals surface area (Å²) in [5.41, 5.74) is 2.66. The van der Waals surface area contributed by atoms with E-state index in [1.165, 1.54) is 6.20 Å². The van der Waals surface area contributed by atoms with Gasteiger partial charge in [-0.15, -0.1) is 0 Å². The van der Waals surface area contributed by atoms with Gasteiger partial charge in [0, 0.05) is 12.3 Å². The molecule has 8 heteroatoms. The molecule has 134 valence electrons. The van der Waals surface area contributed by atoms with Crippen LogP contribution in [0.3, 0.4) is 0 Å². The molecule has 0 aliphatic rings. The zero-order chi connectivity index (χ0) is 18.8. The topological polar surface area (TPSA) is 57.0 Å². The Kier molecular flexibility index (Phi) is 5.51. The van der Waals surface area contributed by atoms with Gasteiger partial charge in [0.1, 0.15) is 5.15 Å². The SMILES string of the molecule is Cc1cc(OC(=O)c2cccnc2Cl)n(Cc2ccc(Cl)c(Cl)c2C)n1. The second-order valence-corrected chi connectivity index (χ2v) is 6.80. The Labute approximate surface area is 165 Å². The number of aryl methyl sites for hydroxylation is 1. The largest absolute Gasteiger partial charge is 0.404 e. The fourth-order valence-electron chi connectivity index (χ4n) is 2.43. The molecule has 2 heterocycles. The smallest absolute Gasteiger partial charge is 0.348 e. The molecular weight excluding hydrogens is 397 g/mol. The summed E-state index contributed by atoms with van der Waals surface area (Å²) in [5, 5.41) is 5.45. The molecule has 5 nitrogen and oxygen atoms in total. The third-order valence-electron chi connectivity index (χ3n) is 3.81. The third kappa shape index (κ3) is 3.85. The first kappa shape index (κ1) is 18.7. The number of carbonyl (C=O) groups excluding carboxylic acids is 1. The maximum Gasteiger partial charge on any atom is 0.348 e. The normalized spacial score (nSPS) is 10.8. The second kappa shape index (κ2) is 7.66. The van der Waals surface area contributed by atoms with Crippen molar-refractivity contribution in [1.29, 1.82) is 0 Å². The van der Waals surface area contributed by atoms with Crippen molar-refractivity contribution in [3.8, 4) is 5.88 Å². The van der Waals surface area contributed by atoms with Gasteiger partial charge in [0.15, 0.2) is 0 Å². The van der Waals surface area contributed by atoms with Gasteiger partial charge in [-0.3, -0.25) is 0 Å². The third-order valence-corrected chi connectivity index (χ3v) is 5.01. The number of esters is 1. The molecule has 0 saturated carbocycles. The van der Waals surface area contributed by atoms with Gasteiger partial charge in [0.25, 0.3) is 0 Å². The predicted octanol–water partition coefficient (Wildman–Crippen LogP) is 5.12. The number of halogens is 3. The zero-order valence-electron chi connectivity index (χ0n) is 14.0. The van der Waals surface area contributed by atoms with Crippen molar-refractivity contribution in [3.63, 3.8) is 0 Å². The van der Waals surface area contributed by atoms with Crippen LogP contribution in [0.15, 0.2) is 36.5 Å². The monoisotopic (exact) mass is 409 g/mol. The molecule has 0 N–H and O–H groups in total. The van der Waals surface area contributed by atoms with E-state index in [1.807, 2.05) is 19.9 Å². The van der Waals surface area contributed by atoms with Gasteiger partial charge >= 0.3 is 5.97 Å². The molecule has 0 aliphatic heterocycles. The number of hydrogen-bond donors (Lipinski definition) is 0. The quantitative estimate of drug-likeness (QED) is 0.442. The van der Waals surface area contributed by atoms with E-state index < -0.39 is 5.97 Å². The molecule has 3 aromatic rings. The van der Waals surface area contributed by atoms with Crippen LogP contribution < -0.4 is 4.74 Å². The van der Waals surface area contributed by atoms with Gasteiger partial charge in [-0.1, -0.05) is 40.9 Å². The average Bonchev–Trinajstić information content (AvgIpc) is 2.94. The van der Waals surface area contributed by atoms with E-state index in [9.17, 15) is 4.79 Å². The van der Waals surface area contributed by atoms with Crippen LogP contribution in [0, 0.1) is 13.8 Å². The lowest BCUT2D eigenvalue weighted by Gasteiger charge is -2.12. The first-order valence-electron chi connectivity index (χ1n) is 7.67. The highest BCUT2D eigenvalue weighted by atomic mass is 35.5. The summed E-state index contributed by atoms with van der Waals surface area (Å²) in [4.78, 5) is 16.3. The van der Waals surface area contributed by atoms with E-state index in [0.29, 0.717) is 28.2 Å². The van der Waals surface area contributed by atoms with Gasteiger partial charge in [0.05, 0.1) is 27.8 Å². The average molecular weight is 411 g/mol. The van der Waals surface area contributed by atoms with Gasteiger partial charge in [-0.05, 0) is 43.2 Å². The van der Waals surface area contributed by atoms with E-state index in [0.717, 1.165) is 11.1 Å². The Morgan fingerprint density at radius 1 is 1.19 bits per heavy atom. The van der Waals surface area contributed by atoms with Crippen molar-refractivity contribution in [2.75, 3.05) is 0 Å². The van der Waals surface area contributed by atoms with Crippen LogP contribution in [0.25, 0.3) is 0 Å². The predicted molar refractivity (Wildman–Crippen MR) is 101 cm³/mol. The van der Waals surface area contributed by atoms with Crippen LogP contribution in [-0.2, 0) is 6.54 Å². The summed E-state index contributed by atoms with van der Waals surface area (Å²) in [7, 11) is 0. The lowest BCUT2D eigenvalue weighted by Crippen LogP contribution is -2.14. The first-order chi connectivity index (χ1) is 12.4. The van der Waals surface area contributed by atoms with E-state index in [2.05, 4.69) is 10.1 Å². The molecule has 0 radical (unpaired) electrons. The molecule has 0 amide bonds. The fraction of sp³-hybridized carbons (Fsp3) is 0.167. The van der Waals surface area contributed by atoms with Crippen molar-refractivity contribution < 1.29 is 9.53 Å². The molecule has 2 aromatic heterocycles. The maximum atomic E-state index is 12.4. The number of aromatic nitrogens is 3. The van der Waals surface area contributed by atoms with E-state index in [4.69, 9.17) is 39.5 Å². The number of rotatable bonds is 4. The number of nitrogens with zero attached hydrogens (tertiary/aromatic N) is 3. The van der Waals surface area contributed by atoms with Crippen molar-refractivity contribution in [2.24, 2.45) is 0 Å². The molecule has 26 heavy (non-hydrogen) atoms. The molecule has 0 saturated heterocycles. The van der Waals surface area contributed by atoms with Gasteiger partial charge in [-0.2, -0.15) is 5.10 Å². The molecule has 0 unspecified atom stereocenters. The molecule has 0 fully saturated rings. The molecule has 0 aliphatic carbocycles. The Balaban J connectivity index is 1.88. The van der Waals surface area contributed by atoms with Crippen LogP contribution in [-0.4, -0.2) is 20.7 Å². The second-order valence-electron chi connectivity index (χ2n) is 5.66. The van der Waals surface area contributed by atoms with Crippen molar-refractivity contribution in [1.82, 2.24) is 14.8 Å². The van der Waals surface area contributed by atoms with Crippen molar-refractivity contribution >= 4 is 40.8 Å². The van der Waals surface area contributed by atoms with Crippen molar-refractivity contribution in [3.05, 3.63) is 74.1 Å². The van der Waals surface area contributed by atoms with E-state index in [1.54, 1.807) is 28.9 Å². The Bertz CT molecular complexity index is 986. The number of hydrogen-bond acceptors (Lipinski definition) is 4. The summed E-state index contributed by atoms with van der Waals surface area (Å²) in [6, 6.07) is 8.43. The Morgan fingerprint density at radius 3 is 2.69 bits per heavy atom. The van der Waals surface area contributed by atoms with Crippen LogP contribution in [0.4, 0.5) is 0 Å². The van der Waals surface area contributed by atoms with Crippen LogP contribution in [0.2, 0.25) is 15.2 Å². The summed E-state index contributed by atoms with van der Waals surface area (Å²) < 4.78 is 7.06. The van der Waals surface area contributed by atoms with Crippen LogP contribution in [0.1, 0.15) is 27.2 Å². The fourth-order valence-corrected chi connectivity index (χ4v) is 3.02. The number of ether oxygens (including phenoxy) is 1. The zero-order valence-corrected chi connectivity index (χ0v) is 16.2. The number of carbonyl (C=O) groups is 1. The minimum absolute atomic E-state index is 0.0839. The lowest BCUT2D eigenvalue weighted by molar-refractivity contribution is 0.0718. The first-order valence-corrected chi connectivity index (χ1v) is 8.81. The highest BCUT2D eigenvalue weighted by Gasteiger charge is 2.18. The highest BCUT2D eigenvalue weighted by Crippen LogP contribution is 2.29. The summed E-state index contributed by atoms with van der Waals surface area (Å²) in [6.45, 7) is 4.06. The molecule has 0 atom stereocenters. The highest BCUT2D eigenvalue weighted by molar-refractivity contribution is 6.42. The van der Waals surface area contributed by atoms with Crippen LogP contribution in [0.5, 0.6) is 5.88 Å². The van der Waals surface area contributed by atoms with E-state index >= 15 is 0 Å². The summed E-state index contributed by atoms with van der Waals surface area (Å²) in [5.74, 6) is -0.298. The van der Waals surface area contributed by atoms with Crippen molar-refractivity contribution in [2.45, 2.75) is 20.4 Å². The summed E-state index contributed by atoms with van der Waals surface area (Å²) >= 11 is 18.2. The van der Waals surface area contributed by atoms with Gasteiger partial charge in [0.2, 0.25) is 5.88 Å². The minimum atomic E-state index is -0.602. The van der Waals surface area contributed by atoms with Gasteiger partial charge < -0.3 is 4.74 Å².